The number of hydrogen-bond donors (Lipinski definition) is 1. The SMILES string of the molecule is CCSC1=NN2C(=c3ccccc3=N[C@@H]2c2ccc(OCc3ccccc3)cc2)C(=O)N1. The molecular formula is C25H22N4O2S. The zero-order valence-corrected chi connectivity index (χ0v) is 18.4. The molecule has 2 aliphatic heterocycles. The summed E-state index contributed by atoms with van der Waals surface area (Å²) in [6.45, 7) is 2.54. The molecule has 5 rings (SSSR count). The number of nitrogens with one attached hydrogen (secondary N) is 1. The smallest absolute Gasteiger partial charge is 0.276 e. The summed E-state index contributed by atoms with van der Waals surface area (Å²) >= 11 is 1.50. The van der Waals surface area contributed by atoms with Crippen LogP contribution in [-0.4, -0.2) is 21.8 Å². The molecule has 2 aliphatic rings. The highest BCUT2D eigenvalue weighted by Gasteiger charge is 2.34. The molecule has 0 radical (unpaired) electrons. The Morgan fingerprint density at radius 2 is 1.75 bits per heavy atom. The molecule has 0 aliphatic carbocycles. The van der Waals surface area contributed by atoms with Crippen molar-refractivity contribution in [3.05, 3.63) is 101 Å². The summed E-state index contributed by atoms with van der Waals surface area (Å²) in [5.74, 6) is 1.43. The summed E-state index contributed by atoms with van der Waals surface area (Å²) in [6.07, 6.45) is -0.429. The fourth-order valence-electron chi connectivity index (χ4n) is 3.72. The van der Waals surface area contributed by atoms with Crippen molar-refractivity contribution in [3.8, 4) is 5.75 Å². The van der Waals surface area contributed by atoms with Gasteiger partial charge in [-0.2, -0.15) is 0 Å². The van der Waals surface area contributed by atoms with E-state index in [4.69, 9.17) is 14.8 Å². The van der Waals surface area contributed by atoms with E-state index in [-0.39, 0.29) is 5.91 Å². The number of thioether (sulfide) groups is 1. The number of benzene rings is 3. The highest BCUT2D eigenvalue weighted by Crippen LogP contribution is 2.31. The van der Waals surface area contributed by atoms with Gasteiger partial charge < -0.3 is 4.74 Å². The highest BCUT2D eigenvalue weighted by molar-refractivity contribution is 8.13. The van der Waals surface area contributed by atoms with E-state index in [1.165, 1.54) is 11.8 Å². The van der Waals surface area contributed by atoms with Gasteiger partial charge in [0, 0.05) is 5.22 Å². The number of nitrogens with zero attached hydrogens (tertiary/aromatic N) is 3. The maximum absolute atomic E-state index is 13.0. The molecule has 0 saturated carbocycles. The minimum absolute atomic E-state index is 0.161. The van der Waals surface area contributed by atoms with Crippen molar-refractivity contribution >= 4 is 28.5 Å². The van der Waals surface area contributed by atoms with Gasteiger partial charge in [0.05, 0.1) is 5.36 Å². The molecule has 160 valence electrons. The van der Waals surface area contributed by atoms with Crippen LogP contribution in [0.25, 0.3) is 5.70 Å². The summed E-state index contributed by atoms with van der Waals surface area (Å²) in [5, 5.41) is 11.5. The Balaban J connectivity index is 1.48. The number of rotatable bonds is 5. The van der Waals surface area contributed by atoms with Gasteiger partial charge in [-0.25, -0.2) is 5.01 Å². The van der Waals surface area contributed by atoms with Crippen LogP contribution in [0.2, 0.25) is 0 Å². The molecule has 32 heavy (non-hydrogen) atoms. The predicted molar refractivity (Wildman–Crippen MR) is 126 cm³/mol. The van der Waals surface area contributed by atoms with Crippen LogP contribution in [0.4, 0.5) is 0 Å². The Hall–Kier alpha value is -3.58. The standard InChI is InChI=1S/C25H22N4O2S/c1-2-32-25-27-24(30)22-20-10-6-7-11-21(20)26-23(29(22)28-25)18-12-14-19(15-13-18)31-16-17-8-4-3-5-9-17/h3-15,23H,2,16H2,1H3,(H,27,28,30)/t23-/m0/s1. The lowest BCUT2D eigenvalue weighted by Gasteiger charge is -2.34. The van der Waals surface area contributed by atoms with E-state index >= 15 is 0 Å². The lowest BCUT2D eigenvalue weighted by atomic mass is 10.1. The van der Waals surface area contributed by atoms with Crippen molar-refractivity contribution in [1.82, 2.24) is 10.3 Å². The third-order valence-corrected chi connectivity index (χ3v) is 5.97. The number of amides is 1. The third-order valence-electron chi connectivity index (χ3n) is 5.22. The van der Waals surface area contributed by atoms with Crippen LogP contribution in [0.15, 0.2) is 89.0 Å². The fourth-order valence-corrected chi connectivity index (χ4v) is 4.31. The molecule has 0 unspecified atom stereocenters. The van der Waals surface area contributed by atoms with Gasteiger partial charge in [-0.05, 0) is 35.1 Å². The van der Waals surface area contributed by atoms with E-state index in [0.717, 1.165) is 33.2 Å². The lowest BCUT2D eigenvalue weighted by molar-refractivity contribution is -0.116. The maximum Gasteiger partial charge on any atom is 0.276 e. The van der Waals surface area contributed by atoms with Crippen molar-refractivity contribution in [1.29, 1.82) is 0 Å². The number of carbonyl (C=O) groups excluding carboxylic acids is 1. The molecule has 3 aromatic carbocycles. The largest absolute Gasteiger partial charge is 0.489 e. The summed E-state index contributed by atoms with van der Waals surface area (Å²) in [4.78, 5) is 17.9. The molecule has 1 N–H and O–H groups in total. The van der Waals surface area contributed by atoms with Crippen molar-refractivity contribution in [3.63, 3.8) is 0 Å². The Bertz CT molecular complexity index is 1290. The summed E-state index contributed by atoms with van der Waals surface area (Å²) in [7, 11) is 0. The molecule has 0 aromatic heterocycles. The molecule has 1 atom stereocenters. The van der Waals surface area contributed by atoms with Crippen LogP contribution in [0.3, 0.4) is 0 Å². The number of amidine groups is 1. The second kappa shape index (κ2) is 8.88. The molecule has 3 aromatic rings. The predicted octanol–water partition coefficient (Wildman–Crippen LogP) is 3.16. The Morgan fingerprint density at radius 3 is 2.53 bits per heavy atom. The molecule has 1 amide bonds. The van der Waals surface area contributed by atoms with Crippen LogP contribution in [0.1, 0.15) is 24.2 Å². The zero-order valence-electron chi connectivity index (χ0n) is 17.6. The van der Waals surface area contributed by atoms with Gasteiger partial charge in [-0.1, -0.05) is 79.3 Å². The van der Waals surface area contributed by atoms with Crippen LogP contribution < -0.4 is 20.6 Å². The number of hydrogen-bond acceptors (Lipinski definition) is 6. The minimum atomic E-state index is -0.429. The Morgan fingerprint density at radius 1 is 1.00 bits per heavy atom. The van der Waals surface area contributed by atoms with Crippen molar-refractivity contribution in [2.75, 3.05) is 5.75 Å². The number of para-hydroxylation sites is 1. The van der Waals surface area contributed by atoms with Gasteiger partial charge in [0.25, 0.3) is 5.91 Å². The van der Waals surface area contributed by atoms with Crippen LogP contribution >= 0.6 is 11.8 Å². The van der Waals surface area contributed by atoms with Crippen molar-refractivity contribution in [2.24, 2.45) is 10.1 Å². The van der Waals surface area contributed by atoms with Crippen LogP contribution in [0.5, 0.6) is 5.75 Å². The fraction of sp³-hybridized carbons (Fsp3) is 0.160. The van der Waals surface area contributed by atoms with Crippen molar-refractivity contribution < 1.29 is 9.53 Å². The highest BCUT2D eigenvalue weighted by atomic mass is 32.2. The Kier molecular flexibility index (Phi) is 5.64. The summed E-state index contributed by atoms with van der Waals surface area (Å²) < 4.78 is 5.92. The monoisotopic (exact) mass is 442 g/mol. The molecule has 2 heterocycles. The quantitative estimate of drug-likeness (QED) is 0.659. The molecule has 6 nitrogen and oxygen atoms in total. The summed E-state index contributed by atoms with van der Waals surface area (Å²) in [5.41, 5.74) is 2.57. The molecule has 0 fully saturated rings. The first-order valence-electron chi connectivity index (χ1n) is 10.5. The number of fused-ring (bicyclic) bond motifs is 2. The van der Waals surface area contributed by atoms with Gasteiger partial charge in [0.2, 0.25) is 0 Å². The lowest BCUT2D eigenvalue weighted by Crippen LogP contribution is -2.50. The average molecular weight is 443 g/mol. The summed E-state index contributed by atoms with van der Waals surface area (Å²) in [6, 6.07) is 25.6. The second-order valence-electron chi connectivity index (χ2n) is 7.35. The van der Waals surface area contributed by atoms with Gasteiger partial charge in [0.1, 0.15) is 18.1 Å². The van der Waals surface area contributed by atoms with Crippen molar-refractivity contribution in [2.45, 2.75) is 19.7 Å². The van der Waals surface area contributed by atoms with Gasteiger partial charge in [-0.3, -0.25) is 15.1 Å². The first-order chi connectivity index (χ1) is 15.7. The molecule has 7 heteroatoms. The third kappa shape index (κ3) is 3.99. The molecular weight excluding hydrogens is 420 g/mol. The minimum Gasteiger partial charge on any atom is -0.489 e. The Labute approximate surface area is 190 Å². The number of carbonyl (C=O) groups is 1. The maximum atomic E-state index is 13.0. The first-order valence-corrected chi connectivity index (χ1v) is 11.5. The van der Waals surface area contributed by atoms with E-state index in [9.17, 15) is 4.79 Å². The van der Waals surface area contributed by atoms with Gasteiger partial charge in [-0.15, -0.1) is 5.10 Å². The topological polar surface area (TPSA) is 66.3 Å². The van der Waals surface area contributed by atoms with E-state index in [1.807, 2.05) is 85.8 Å². The van der Waals surface area contributed by atoms with E-state index < -0.39 is 6.17 Å². The van der Waals surface area contributed by atoms with E-state index in [2.05, 4.69) is 5.32 Å². The average Bonchev–Trinajstić information content (AvgIpc) is 2.83. The van der Waals surface area contributed by atoms with Crippen LogP contribution in [0, 0.1) is 0 Å². The second-order valence-corrected chi connectivity index (χ2v) is 8.60. The van der Waals surface area contributed by atoms with Crippen LogP contribution in [-0.2, 0) is 11.4 Å². The van der Waals surface area contributed by atoms with E-state index in [1.54, 1.807) is 5.01 Å². The number of hydrazone groups is 1. The van der Waals surface area contributed by atoms with E-state index in [0.29, 0.717) is 17.5 Å². The molecule has 0 saturated heterocycles. The zero-order chi connectivity index (χ0) is 21.9. The molecule has 0 bridgehead atoms. The van der Waals surface area contributed by atoms with Gasteiger partial charge in [0.15, 0.2) is 11.3 Å². The number of ether oxygens (including phenoxy) is 1. The normalized spacial score (nSPS) is 17.0. The first kappa shape index (κ1) is 20.3. The van der Waals surface area contributed by atoms with Gasteiger partial charge >= 0.3 is 0 Å². The molecule has 0 spiro atoms.